The summed E-state index contributed by atoms with van der Waals surface area (Å²) in [4.78, 5) is 12.1. The summed E-state index contributed by atoms with van der Waals surface area (Å²) in [5, 5.41) is 3.04. The third-order valence-electron chi connectivity index (χ3n) is 3.58. The van der Waals surface area contributed by atoms with E-state index in [1.165, 1.54) is 12.1 Å². The van der Waals surface area contributed by atoms with E-state index in [2.05, 4.69) is 10.0 Å². The topological polar surface area (TPSA) is 75.3 Å². The Kier molecular flexibility index (Phi) is 5.99. The van der Waals surface area contributed by atoms with E-state index in [1.807, 2.05) is 19.9 Å². The number of sulfonamides is 1. The summed E-state index contributed by atoms with van der Waals surface area (Å²) >= 11 is 5.80. The van der Waals surface area contributed by atoms with Crippen LogP contribution in [0.1, 0.15) is 21.5 Å². The molecule has 0 unspecified atom stereocenters. The number of hydrogen-bond donors (Lipinski definition) is 2. The Labute approximate surface area is 147 Å². The first-order valence-electron chi connectivity index (χ1n) is 7.40. The minimum absolute atomic E-state index is 0.0887. The van der Waals surface area contributed by atoms with Crippen LogP contribution in [-0.2, 0) is 10.0 Å². The first-order chi connectivity index (χ1) is 11.3. The molecule has 0 saturated carbocycles. The molecule has 1 amide bonds. The van der Waals surface area contributed by atoms with Crippen molar-refractivity contribution in [3.8, 4) is 0 Å². The van der Waals surface area contributed by atoms with Gasteiger partial charge in [0.1, 0.15) is 0 Å². The molecule has 2 aromatic rings. The van der Waals surface area contributed by atoms with Gasteiger partial charge in [0, 0.05) is 23.7 Å². The highest BCUT2D eigenvalue weighted by molar-refractivity contribution is 7.89. The van der Waals surface area contributed by atoms with Crippen molar-refractivity contribution in [1.29, 1.82) is 0 Å². The Balaban J connectivity index is 1.88. The van der Waals surface area contributed by atoms with Gasteiger partial charge in [-0.15, -0.1) is 0 Å². The van der Waals surface area contributed by atoms with Crippen LogP contribution in [0, 0.1) is 13.8 Å². The van der Waals surface area contributed by atoms with Crippen LogP contribution in [-0.4, -0.2) is 27.4 Å². The van der Waals surface area contributed by atoms with E-state index in [-0.39, 0.29) is 23.9 Å². The normalized spacial score (nSPS) is 11.3. The van der Waals surface area contributed by atoms with Gasteiger partial charge in [0.25, 0.3) is 5.91 Å². The fraction of sp³-hybridized carbons (Fsp3) is 0.235. The Morgan fingerprint density at radius 3 is 2.46 bits per heavy atom. The minimum atomic E-state index is -3.64. The third-order valence-corrected chi connectivity index (χ3v) is 5.27. The number of amides is 1. The summed E-state index contributed by atoms with van der Waals surface area (Å²) in [6.07, 6.45) is 0. The zero-order chi connectivity index (χ0) is 17.7. The van der Waals surface area contributed by atoms with Crippen LogP contribution in [0.5, 0.6) is 0 Å². The van der Waals surface area contributed by atoms with Crippen molar-refractivity contribution in [2.45, 2.75) is 18.7 Å². The van der Waals surface area contributed by atoms with Gasteiger partial charge in [0.15, 0.2) is 0 Å². The summed E-state index contributed by atoms with van der Waals surface area (Å²) in [7, 11) is -3.64. The number of nitrogens with one attached hydrogen (secondary N) is 2. The SMILES string of the molecule is Cc1ccc(C(=O)NCCNS(=O)(=O)c2cccc(Cl)c2)cc1C. The summed E-state index contributed by atoms with van der Waals surface area (Å²) in [5.41, 5.74) is 2.70. The maximum absolute atomic E-state index is 12.1. The molecule has 128 valence electrons. The Hall–Kier alpha value is -1.89. The smallest absolute Gasteiger partial charge is 0.251 e. The molecule has 7 heteroatoms. The molecule has 0 bridgehead atoms. The van der Waals surface area contributed by atoms with E-state index in [1.54, 1.807) is 24.3 Å². The monoisotopic (exact) mass is 366 g/mol. The van der Waals surface area contributed by atoms with Gasteiger partial charge in [-0.2, -0.15) is 0 Å². The zero-order valence-corrected chi connectivity index (χ0v) is 15.0. The number of halogens is 1. The number of benzene rings is 2. The largest absolute Gasteiger partial charge is 0.351 e. The average Bonchev–Trinajstić information content (AvgIpc) is 2.54. The van der Waals surface area contributed by atoms with Gasteiger partial charge >= 0.3 is 0 Å². The average molecular weight is 367 g/mol. The molecule has 2 N–H and O–H groups in total. The van der Waals surface area contributed by atoms with Gasteiger partial charge in [-0.1, -0.05) is 23.7 Å². The van der Waals surface area contributed by atoms with Crippen molar-refractivity contribution in [3.05, 3.63) is 64.2 Å². The van der Waals surface area contributed by atoms with Crippen LogP contribution >= 0.6 is 11.6 Å². The molecular weight excluding hydrogens is 348 g/mol. The lowest BCUT2D eigenvalue weighted by atomic mass is 10.1. The van der Waals surface area contributed by atoms with Gasteiger partial charge in [0.05, 0.1) is 4.90 Å². The van der Waals surface area contributed by atoms with Gasteiger partial charge in [0.2, 0.25) is 10.0 Å². The third kappa shape index (κ3) is 4.80. The first kappa shape index (κ1) is 18.4. The van der Waals surface area contributed by atoms with E-state index in [9.17, 15) is 13.2 Å². The second-order valence-electron chi connectivity index (χ2n) is 5.41. The highest BCUT2D eigenvalue weighted by Crippen LogP contribution is 2.15. The van der Waals surface area contributed by atoms with Crippen LogP contribution in [0.2, 0.25) is 5.02 Å². The van der Waals surface area contributed by atoms with Gasteiger partial charge in [-0.05, 0) is 55.3 Å². The van der Waals surface area contributed by atoms with E-state index >= 15 is 0 Å². The molecule has 0 aromatic heterocycles. The van der Waals surface area contributed by atoms with Crippen molar-refractivity contribution in [3.63, 3.8) is 0 Å². The fourth-order valence-electron chi connectivity index (χ4n) is 2.06. The first-order valence-corrected chi connectivity index (χ1v) is 9.26. The van der Waals surface area contributed by atoms with E-state index < -0.39 is 10.0 Å². The highest BCUT2D eigenvalue weighted by Gasteiger charge is 2.13. The zero-order valence-electron chi connectivity index (χ0n) is 13.5. The second kappa shape index (κ2) is 7.79. The van der Waals surface area contributed by atoms with Crippen LogP contribution < -0.4 is 10.0 Å². The van der Waals surface area contributed by atoms with Crippen molar-refractivity contribution >= 4 is 27.5 Å². The van der Waals surface area contributed by atoms with Crippen molar-refractivity contribution < 1.29 is 13.2 Å². The molecule has 0 atom stereocenters. The summed E-state index contributed by atoms with van der Waals surface area (Å²) in [5.74, 6) is -0.236. The van der Waals surface area contributed by atoms with Crippen LogP contribution in [0.4, 0.5) is 0 Å². The minimum Gasteiger partial charge on any atom is -0.351 e. The van der Waals surface area contributed by atoms with Gasteiger partial charge in [-0.25, -0.2) is 13.1 Å². The molecule has 0 radical (unpaired) electrons. The number of carbonyl (C=O) groups is 1. The number of rotatable bonds is 6. The van der Waals surface area contributed by atoms with E-state index in [0.29, 0.717) is 10.6 Å². The molecule has 0 heterocycles. The number of carbonyl (C=O) groups excluding carboxylic acids is 1. The van der Waals surface area contributed by atoms with Crippen molar-refractivity contribution in [2.24, 2.45) is 0 Å². The molecular formula is C17H19ClN2O3S. The van der Waals surface area contributed by atoms with Crippen LogP contribution in [0.25, 0.3) is 0 Å². The van der Waals surface area contributed by atoms with E-state index in [4.69, 9.17) is 11.6 Å². The van der Waals surface area contributed by atoms with Gasteiger partial charge in [-0.3, -0.25) is 4.79 Å². The second-order valence-corrected chi connectivity index (χ2v) is 7.61. The van der Waals surface area contributed by atoms with Crippen LogP contribution in [0.15, 0.2) is 47.4 Å². The predicted molar refractivity (Wildman–Crippen MR) is 94.9 cm³/mol. The lowest BCUT2D eigenvalue weighted by Gasteiger charge is -2.09. The fourth-order valence-corrected chi connectivity index (χ4v) is 3.40. The van der Waals surface area contributed by atoms with Crippen LogP contribution in [0.3, 0.4) is 0 Å². The summed E-state index contributed by atoms with van der Waals surface area (Å²) < 4.78 is 26.6. The molecule has 2 rings (SSSR count). The standard InChI is InChI=1S/C17H19ClN2O3S/c1-12-6-7-14(10-13(12)2)17(21)19-8-9-20-24(22,23)16-5-3-4-15(18)11-16/h3-7,10-11,20H,8-9H2,1-2H3,(H,19,21). The Bertz CT molecular complexity index is 851. The maximum atomic E-state index is 12.1. The molecule has 24 heavy (non-hydrogen) atoms. The van der Waals surface area contributed by atoms with Gasteiger partial charge < -0.3 is 5.32 Å². The number of hydrogen-bond acceptors (Lipinski definition) is 3. The van der Waals surface area contributed by atoms with Crippen molar-refractivity contribution in [1.82, 2.24) is 10.0 Å². The molecule has 0 fully saturated rings. The lowest BCUT2D eigenvalue weighted by Crippen LogP contribution is -2.34. The lowest BCUT2D eigenvalue weighted by molar-refractivity contribution is 0.0954. The van der Waals surface area contributed by atoms with E-state index in [0.717, 1.165) is 11.1 Å². The Morgan fingerprint density at radius 1 is 1.04 bits per heavy atom. The summed E-state index contributed by atoms with van der Waals surface area (Å²) in [6.45, 7) is 4.18. The molecule has 0 spiro atoms. The molecule has 0 aliphatic rings. The molecule has 2 aromatic carbocycles. The molecule has 5 nitrogen and oxygen atoms in total. The highest BCUT2D eigenvalue weighted by atomic mass is 35.5. The van der Waals surface area contributed by atoms with Crippen molar-refractivity contribution in [2.75, 3.05) is 13.1 Å². The molecule has 0 aliphatic heterocycles. The maximum Gasteiger partial charge on any atom is 0.251 e. The quantitative estimate of drug-likeness (QED) is 0.772. The predicted octanol–water partition coefficient (Wildman–Crippen LogP) is 2.67. The number of aryl methyl sites for hydroxylation is 2. The molecule has 0 saturated heterocycles. The molecule has 0 aliphatic carbocycles. The summed E-state index contributed by atoms with van der Waals surface area (Å²) in [6, 6.07) is 11.4. The Morgan fingerprint density at radius 2 is 1.79 bits per heavy atom.